The van der Waals surface area contributed by atoms with Crippen molar-refractivity contribution in [2.75, 3.05) is 20.3 Å². The Morgan fingerprint density at radius 1 is 0.778 bits per heavy atom. The molecule has 0 aliphatic heterocycles. The first-order valence-corrected chi connectivity index (χ1v) is 9.09. The van der Waals surface area contributed by atoms with Crippen LogP contribution < -0.4 is 10.4 Å². The van der Waals surface area contributed by atoms with Crippen LogP contribution in [0.4, 0.5) is 0 Å². The fraction of sp³-hybridized carbons (Fsp3) is 0.250. The van der Waals surface area contributed by atoms with Crippen molar-refractivity contribution < 1.29 is 0 Å². The molecule has 0 fully saturated rings. The second-order valence-corrected chi connectivity index (χ2v) is 9.44. The van der Waals surface area contributed by atoms with Crippen LogP contribution in [-0.4, -0.2) is 33.2 Å². The largest absolute Gasteiger partial charge is 0.311 e. The molecule has 0 spiro atoms. The standard InChI is InChI=1S/C16H21NSi/c1-17(2)14-18(3,15-10-6-4-7-11-15)16-12-8-5-9-13-16/h4-13H,14H2,1-3H3. The molecule has 2 heteroatoms. The highest BCUT2D eigenvalue weighted by Gasteiger charge is 2.31. The average molecular weight is 255 g/mol. The molecule has 0 aliphatic carbocycles. The van der Waals surface area contributed by atoms with Gasteiger partial charge in [-0.2, -0.15) is 0 Å². The van der Waals surface area contributed by atoms with Crippen LogP contribution >= 0.6 is 0 Å². The van der Waals surface area contributed by atoms with Gasteiger partial charge in [0.05, 0.1) is 0 Å². The van der Waals surface area contributed by atoms with E-state index in [1.807, 2.05) is 0 Å². The van der Waals surface area contributed by atoms with Crippen LogP contribution in [0.3, 0.4) is 0 Å². The molecule has 0 saturated carbocycles. The van der Waals surface area contributed by atoms with Crippen molar-refractivity contribution in [1.82, 2.24) is 4.90 Å². The minimum atomic E-state index is -1.64. The lowest BCUT2D eigenvalue weighted by Crippen LogP contribution is -2.61. The van der Waals surface area contributed by atoms with Gasteiger partial charge < -0.3 is 4.90 Å². The molecule has 2 rings (SSSR count). The summed E-state index contributed by atoms with van der Waals surface area (Å²) < 4.78 is 0. The molecule has 0 amide bonds. The van der Waals surface area contributed by atoms with Crippen molar-refractivity contribution in [3.8, 4) is 0 Å². The number of hydrogen-bond acceptors (Lipinski definition) is 1. The highest BCUT2D eigenvalue weighted by Crippen LogP contribution is 2.06. The van der Waals surface area contributed by atoms with E-state index in [-0.39, 0.29) is 0 Å². The number of benzene rings is 2. The first kappa shape index (κ1) is 13.1. The van der Waals surface area contributed by atoms with E-state index in [1.54, 1.807) is 0 Å². The Bertz CT molecular complexity index is 439. The highest BCUT2D eigenvalue weighted by molar-refractivity contribution is 7.01. The summed E-state index contributed by atoms with van der Waals surface area (Å²) in [6, 6.07) is 21.9. The van der Waals surface area contributed by atoms with Gasteiger partial charge in [-0.3, -0.25) is 0 Å². The van der Waals surface area contributed by atoms with E-state index in [0.717, 1.165) is 6.17 Å². The molecule has 0 aromatic heterocycles. The molecule has 0 radical (unpaired) electrons. The predicted molar refractivity (Wildman–Crippen MR) is 82.3 cm³/mol. The van der Waals surface area contributed by atoms with Crippen molar-refractivity contribution in [3.63, 3.8) is 0 Å². The zero-order valence-corrected chi connectivity index (χ0v) is 12.4. The first-order valence-electron chi connectivity index (χ1n) is 6.39. The SMILES string of the molecule is CN(C)C[Si](C)(c1ccccc1)c1ccccc1. The Hall–Kier alpha value is -1.38. The molecule has 2 aromatic carbocycles. The zero-order valence-electron chi connectivity index (χ0n) is 11.4. The van der Waals surface area contributed by atoms with E-state index < -0.39 is 8.07 Å². The normalized spacial score (nSPS) is 11.8. The van der Waals surface area contributed by atoms with Crippen LogP contribution in [0.2, 0.25) is 6.55 Å². The summed E-state index contributed by atoms with van der Waals surface area (Å²) >= 11 is 0. The van der Waals surface area contributed by atoms with Gasteiger partial charge in [0.15, 0.2) is 0 Å². The van der Waals surface area contributed by atoms with Crippen molar-refractivity contribution >= 4 is 18.4 Å². The summed E-state index contributed by atoms with van der Waals surface area (Å²) in [5.41, 5.74) is 0. The number of nitrogens with zero attached hydrogens (tertiary/aromatic N) is 1. The van der Waals surface area contributed by atoms with Gasteiger partial charge >= 0.3 is 0 Å². The van der Waals surface area contributed by atoms with Gasteiger partial charge in [0.2, 0.25) is 0 Å². The van der Waals surface area contributed by atoms with E-state index in [4.69, 9.17) is 0 Å². The average Bonchev–Trinajstić information content (AvgIpc) is 2.40. The van der Waals surface area contributed by atoms with Crippen molar-refractivity contribution in [1.29, 1.82) is 0 Å². The molecule has 0 bridgehead atoms. The summed E-state index contributed by atoms with van der Waals surface area (Å²) in [5.74, 6) is 0. The van der Waals surface area contributed by atoms with Crippen molar-refractivity contribution in [2.45, 2.75) is 6.55 Å². The topological polar surface area (TPSA) is 3.24 Å². The fourth-order valence-corrected chi connectivity index (χ4v) is 6.41. The molecule has 0 heterocycles. The molecule has 0 N–H and O–H groups in total. The van der Waals surface area contributed by atoms with E-state index in [9.17, 15) is 0 Å². The lowest BCUT2D eigenvalue weighted by atomic mass is 10.4. The molecule has 18 heavy (non-hydrogen) atoms. The lowest BCUT2D eigenvalue weighted by molar-refractivity contribution is 0.473. The van der Waals surface area contributed by atoms with Gasteiger partial charge in [-0.1, -0.05) is 77.6 Å². The van der Waals surface area contributed by atoms with E-state index >= 15 is 0 Å². The van der Waals surface area contributed by atoms with Crippen molar-refractivity contribution in [3.05, 3.63) is 60.7 Å². The minimum Gasteiger partial charge on any atom is -0.311 e. The van der Waals surface area contributed by atoms with E-state index in [1.165, 1.54) is 10.4 Å². The second kappa shape index (κ2) is 5.51. The van der Waals surface area contributed by atoms with Crippen LogP contribution in [0.25, 0.3) is 0 Å². The summed E-state index contributed by atoms with van der Waals surface area (Å²) in [6.45, 7) is 2.46. The monoisotopic (exact) mass is 255 g/mol. The Balaban J connectivity index is 2.48. The Morgan fingerprint density at radius 2 is 1.17 bits per heavy atom. The first-order chi connectivity index (χ1) is 8.63. The third kappa shape index (κ3) is 2.71. The maximum atomic E-state index is 2.46. The molecule has 0 saturated heterocycles. The maximum absolute atomic E-state index is 2.46. The predicted octanol–water partition coefficient (Wildman–Crippen LogP) is 1.98. The second-order valence-electron chi connectivity index (χ2n) is 5.30. The van der Waals surface area contributed by atoms with Crippen LogP contribution in [0, 0.1) is 0 Å². The Morgan fingerprint density at radius 3 is 1.50 bits per heavy atom. The molecule has 0 unspecified atom stereocenters. The molecule has 1 nitrogen and oxygen atoms in total. The lowest BCUT2D eigenvalue weighted by Gasteiger charge is -2.31. The summed E-state index contributed by atoms with van der Waals surface area (Å²) in [7, 11) is 2.69. The Labute approximate surface area is 111 Å². The molecule has 94 valence electrons. The van der Waals surface area contributed by atoms with Crippen LogP contribution in [0.5, 0.6) is 0 Å². The molecular formula is C16H21NSi. The van der Waals surface area contributed by atoms with E-state index in [2.05, 4.69) is 86.2 Å². The molecule has 0 atom stereocenters. The highest BCUT2D eigenvalue weighted by atomic mass is 28.3. The molecule has 2 aromatic rings. The number of hydrogen-bond donors (Lipinski definition) is 0. The van der Waals surface area contributed by atoms with Gasteiger partial charge in [0.25, 0.3) is 0 Å². The zero-order chi connectivity index (χ0) is 13.0. The third-order valence-electron chi connectivity index (χ3n) is 3.45. The Kier molecular flexibility index (Phi) is 3.99. The quantitative estimate of drug-likeness (QED) is 0.755. The molecule has 0 aliphatic rings. The smallest absolute Gasteiger partial charge is 0.128 e. The summed E-state index contributed by atoms with van der Waals surface area (Å²) in [5, 5.41) is 3.01. The van der Waals surface area contributed by atoms with Gasteiger partial charge in [0, 0.05) is 6.17 Å². The maximum Gasteiger partial charge on any atom is 0.128 e. The van der Waals surface area contributed by atoms with E-state index in [0.29, 0.717) is 0 Å². The van der Waals surface area contributed by atoms with Gasteiger partial charge in [-0.15, -0.1) is 0 Å². The minimum absolute atomic E-state index is 1.14. The van der Waals surface area contributed by atoms with Crippen molar-refractivity contribution in [2.24, 2.45) is 0 Å². The molecular weight excluding hydrogens is 234 g/mol. The summed E-state index contributed by atoms with van der Waals surface area (Å²) in [4.78, 5) is 2.31. The fourth-order valence-electron chi connectivity index (χ4n) is 2.59. The summed E-state index contributed by atoms with van der Waals surface area (Å²) in [6.07, 6.45) is 1.14. The van der Waals surface area contributed by atoms with Crippen LogP contribution in [0.15, 0.2) is 60.7 Å². The number of rotatable bonds is 4. The van der Waals surface area contributed by atoms with Crippen LogP contribution in [-0.2, 0) is 0 Å². The van der Waals surface area contributed by atoms with Crippen LogP contribution in [0.1, 0.15) is 0 Å². The van der Waals surface area contributed by atoms with Gasteiger partial charge in [-0.05, 0) is 14.1 Å². The van der Waals surface area contributed by atoms with Gasteiger partial charge in [0.1, 0.15) is 8.07 Å². The third-order valence-corrected chi connectivity index (χ3v) is 7.93. The van der Waals surface area contributed by atoms with Gasteiger partial charge in [-0.25, -0.2) is 0 Å².